The van der Waals surface area contributed by atoms with Crippen molar-refractivity contribution in [1.29, 1.82) is 0 Å². The van der Waals surface area contributed by atoms with E-state index in [0.717, 1.165) is 22.4 Å². The molecular weight excluding hydrogens is 290 g/mol. The largest absolute Gasteiger partial charge is 0.204 e. The first kappa shape index (κ1) is 14.0. The number of fused-ring (bicyclic) bond motifs is 1. The Labute approximate surface area is 127 Å². The van der Waals surface area contributed by atoms with Crippen molar-refractivity contribution in [2.75, 3.05) is 0 Å². The van der Waals surface area contributed by atoms with Gasteiger partial charge in [-0.05, 0) is 46.5 Å². The maximum Gasteiger partial charge on any atom is 0.159 e. The van der Waals surface area contributed by atoms with Gasteiger partial charge >= 0.3 is 0 Å². The first-order valence-electron chi connectivity index (χ1n) is 6.70. The van der Waals surface area contributed by atoms with Gasteiger partial charge < -0.3 is 0 Å². The zero-order valence-corrected chi connectivity index (χ0v) is 11.9. The van der Waals surface area contributed by atoms with Gasteiger partial charge in [-0.25, -0.2) is 8.78 Å². The van der Waals surface area contributed by atoms with Gasteiger partial charge in [-0.1, -0.05) is 42.5 Å². The van der Waals surface area contributed by atoms with E-state index in [2.05, 4.69) is 0 Å². The second-order valence-electron chi connectivity index (χ2n) is 5.03. The molecular formula is C18H13ClF2. The molecule has 0 radical (unpaired) electrons. The topological polar surface area (TPSA) is 0 Å². The van der Waals surface area contributed by atoms with Crippen LogP contribution >= 0.6 is 11.6 Å². The van der Waals surface area contributed by atoms with Gasteiger partial charge in [0.1, 0.15) is 0 Å². The molecule has 106 valence electrons. The fraction of sp³-hybridized carbons (Fsp3) is 0.111. The Morgan fingerprint density at radius 2 is 1.57 bits per heavy atom. The summed E-state index contributed by atoms with van der Waals surface area (Å²) >= 11 is 6.42. The third-order valence-electron chi connectivity index (χ3n) is 3.53. The molecule has 3 rings (SSSR count). The number of benzene rings is 3. The van der Waals surface area contributed by atoms with Gasteiger partial charge in [0.25, 0.3) is 0 Å². The number of halogens is 3. The van der Waals surface area contributed by atoms with Crippen molar-refractivity contribution in [2.45, 2.75) is 11.8 Å². The summed E-state index contributed by atoms with van der Waals surface area (Å²) in [5, 5.41) is 1.99. The summed E-state index contributed by atoms with van der Waals surface area (Å²) in [6, 6.07) is 18.0. The molecule has 0 amide bonds. The van der Waals surface area contributed by atoms with E-state index in [1.807, 2.05) is 42.5 Å². The van der Waals surface area contributed by atoms with E-state index < -0.39 is 11.6 Å². The number of rotatable bonds is 3. The Kier molecular flexibility index (Phi) is 3.89. The van der Waals surface area contributed by atoms with Crippen LogP contribution in [-0.2, 0) is 6.42 Å². The zero-order chi connectivity index (χ0) is 14.8. The Hall–Kier alpha value is -1.93. The summed E-state index contributed by atoms with van der Waals surface area (Å²) in [4.78, 5) is 0. The lowest BCUT2D eigenvalue weighted by molar-refractivity contribution is 0.507. The second-order valence-corrected chi connectivity index (χ2v) is 5.55. The lowest BCUT2D eigenvalue weighted by Crippen LogP contribution is -1.97. The molecule has 0 nitrogen and oxygen atoms in total. The highest BCUT2D eigenvalue weighted by atomic mass is 35.5. The molecule has 3 heteroatoms. The maximum absolute atomic E-state index is 13.2. The maximum atomic E-state index is 13.2. The summed E-state index contributed by atoms with van der Waals surface area (Å²) in [5.41, 5.74) is 1.65. The van der Waals surface area contributed by atoms with Crippen LogP contribution in [0.3, 0.4) is 0 Å². The quantitative estimate of drug-likeness (QED) is 0.549. The average Bonchev–Trinajstić information content (AvgIpc) is 2.50. The summed E-state index contributed by atoms with van der Waals surface area (Å²) in [6.45, 7) is 0. The standard InChI is InChI=1S/C18H13ClF2/c19-16(9-12-5-8-17(20)18(21)10-12)15-7-6-13-3-1-2-4-14(13)11-15/h1-8,10-11,16H,9H2. The Bertz CT molecular complexity index is 783. The molecule has 0 aliphatic heterocycles. The van der Waals surface area contributed by atoms with Crippen LogP contribution in [-0.4, -0.2) is 0 Å². The Balaban J connectivity index is 1.85. The minimum absolute atomic E-state index is 0.278. The summed E-state index contributed by atoms with van der Waals surface area (Å²) in [6.07, 6.45) is 0.455. The average molecular weight is 303 g/mol. The van der Waals surface area contributed by atoms with Gasteiger partial charge in [-0.3, -0.25) is 0 Å². The molecule has 1 unspecified atom stereocenters. The van der Waals surface area contributed by atoms with Crippen LogP contribution in [0.15, 0.2) is 60.7 Å². The summed E-state index contributed by atoms with van der Waals surface area (Å²) in [5.74, 6) is -1.68. The fourth-order valence-electron chi connectivity index (χ4n) is 2.39. The second kappa shape index (κ2) is 5.82. The van der Waals surface area contributed by atoms with Crippen LogP contribution in [0, 0.1) is 11.6 Å². The van der Waals surface area contributed by atoms with Crippen molar-refractivity contribution < 1.29 is 8.78 Å². The summed E-state index contributed by atoms with van der Waals surface area (Å²) in [7, 11) is 0. The zero-order valence-electron chi connectivity index (χ0n) is 11.2. The molecule has 0 bridgehead atoms. The predicted octanol–water partition coefficient (Wildman–Crippen LogP) is 5.64. The van der Waals surface area contributed by atoms with Crippen molar-refractivity contribution in [2.24, 2.45) is 0 Å². The van der Waals surface area contributed by atoms with Crippen LogP contribution in [0.25, 0.3) is 10.8 Å². The molecule has 0 heterocycles. The van der Waals surface area contributed by atoms with Crippen molar-refractivity contribution in [1.82, 2.24) is 0 Å². The third kappa shape index (κ3) is 3.06. The molecule has 0 aliphatic carbocycles. The van der Waals surface area contributed by atoms with E-state index in [1.54, 1.807) is 6.07 Å². The first-order valence-corrected chi connectivity index (χ1v) is 7.14. The van der Waals surface area contributed by atoms with Gasteiger partial charge in [0.15, 0.2) is 11.6 Å². The minimum atomic E-state index is -0.838. The molecule has 0 spiro atoms. The Morgan fingerprint density at radius 3 is 2.33 bits per heavy atom. The molecule has 1 atom stereocenters. The van der Waals surface area contributed by atoms with E-state index in [-0.39, 0.29) is 5.38 Å². The molecule has 0 aromatic heterocycles. The van der Waals surface area contributed by atoms with Gasteiger partial charge in [-0.2, -0.15) is 0 Å². The van der Waals surface area contributed by atoms with E-state index in [1.165, 1.54) is 6.07 Å². The SMILES string of the molecule is Fc1ccc(CC(Cl)c2ccc3ccccc3c2)cc1F. The number of hydrogen-bond donors (Lipinski definition) is 0. The molecule has 0 aliphatic rings. The van der Waals surface area contributed by atoms with Crippen molar-refractivity contribution in [3.05, 3.63) is 83.4 Å². The highest BCUT2D eigenvalue weighted by molar-refractivity contribution is 6.21. The van der Waals surface area contributed by atoms with E-state index >= 15 is 0 Å². The van der Waals surface area contributed by atoms with E-state index in [9.17, 15) is 8.78 Å². The first-order chi connectivity index (χ1) is 10.1. The van der Waals surface area contributed by atoms with Crippen molar-refractivity contribution >= 4 is 22.4 Å². The molecule has 0 saturated heterocycles. The van der Waals surface area contributed by atoms with Gasteiger partial charge in [0.2, 0.25) is 0 Å². The van der Waals surface area contributed by atoms with Gasteiger partial charge in [0, 0.05) is 0 Å². The molecule has 0 fully saturated rings. The van der Waals surface area contributed by atoms with Gasteiger partial charge in [0.05, 0.1) is 5.38 Å². The molecule has 21 heavy (non-hydrogen) atoms. The minimum Gasteiger partial charge on any atom is -0.204 e. The molecule has 0 saturated carbocycles. The van der Waals surface area contributed by atoms with Crippen LogP contribution in [0.2, 0.25) is 0 Å². The predicted molar refractivity (Wildman–Crippen MR) is 82.6 cm³/mol. The van der Waals surface area contributed by atoms with Crippen LogP contribution in [0.1, 0.15) is 16.5 Å². The van der Waals surface area contributed by atoms with Crippen LogP contribution in [0.4, 0.5) is 8.78 Å². The lowest BCUT2D eigenvalue weighted by Gasteiger charge is -2.11. The molecule has 3 aromatic rings. The van der Waals surface area contributed by atoms with E-state index in [0.29, 0.717) is 12.0 Å². The third-order valence-corrected chi connectivity index (χ3v) is 3.94. The van der Waals surface area contributed by atoms with Crippen molar-refractivity contribution in [3.8, 4) is 0 Å². The normalized spacial score (nSPS) is 12.5. The number of hydrogen-bond acceptors (Lipinski definition) is 0. The smallest absolute Gasteiger partial charge is 0.159 e. The van der Waals surface area contributed by atoms with Crippen LogP contribution < -0.4 is 0 Å². The molecule has 0 N–H and O–H groups in total. The lowest BCUT2D eigenvalue weighted by atomic mass is 10.0. The van der Waals surface area contributed by atoms with Crippen LogP contribution in [0.5, 0.6) is 0 Å². The fourth-order valence-corrected chi connectivity index (χ4v) is 2.71. The molecule has 3 aromatic carbocycles. The summed E-state index contributed by atoms with van der Waals surface area (Å²) < 4.78 is 26.1. The highest BCUT2D eigenvalue weighted by Gasteiger charge is 2.11. The highest BCUT2D eigenvalue weighted by Crippen LogP contribution is 2.28. The Morgan fingerprint density at radius 1 is 0.810 bits per heavy atom. The monoisotopic (exact) mass is 302 g/mol. The van der Waals surface area contributed by atoms with E-state index in [4.69, 9.17) is 11.6 Å². The number of alkyl halides is 1. The van der Waals surface area contributed by atoms with Gasteiger partial charge in [-0.15, -0.1) is 11.6 Å². The van der Waals surface area contributed by atoms with Crippen molar-refractivity contribution in [3.63, 3.8) is 0 Å².